The molecule has 1 aliphatic carbocycles. The van der Waals surface area contributed by atoms with Gasteiger partial charge >= 0.3 is 6.03 Å². The molecule has 168 valence electrons. The van der Waals surface area contributed by atoms with Crippen LogP contribution in [0.4, 0.5) is 10.5 Å². The zero-order valence-electron chi connectivity index (χ0n) is 19.1. The molecule has 1 fully saturated rings. The fourth-order valence-corrected chi connectivity index (χ4v) is 4.27. The number of nitrogens with one attached hydrogen (secondary N) is 1. The van der Waals surface area contributed by atoms with Crippen LogP contribution in [0.1, 0.15) is 51.6 Å². The molecule has 1 aromatic heterocycles. The van der Waals surface area contributed by atoms with Gasteiger partial charge in [-0.05, 0) is 43.0 Å². The average Bonchev–Trinajstić information content (AvgIpc) is 3.16. The van der Waals surface area contributed by atoms with Gasteiger partial charge in [0.15, 0.2) is 0 Å². The normalized spacial score (nSPS) is 14.5. The number of rotatable bonds is 8. The van der Waals surface area contributed by atoms with Crippen LogP contribution in [-0.4, -0.2) is 45.4 Å². The van der Waals surface area contributed by atoms with Crippen molar-refractivity contribution in [1.82, 2.24) is 14.4 Å². The third-order valence-electron chi connectivity index (χ3n) is 5.95. The van der Waals surface area contributed by atoms with Crippen molar-refractivity contribution >= 4 is 17.6 Å². The predicted octanol–water partition coefficient (Wildman–Crippen LogP) is 4.88. The summed E-state index contributed by atoms with van der Waals surface area (Å²) in [7, 11) is 2.00. The van der Waals surface area contributed by atoms with Gasteiger partial charge in [-0.1, -0.05) is 51.3 Å². The molecule has 0 atom stereocenters. The van der Waals surface area contributed by atoms with E-state index in [4.69, 9.17) is 0 Å². The molecule has 3 amide bonds. The molecule has 1 aliphatic rings. The van der Waals surface area contributed by atoms with Gasteiger partial charge in [0.05, 0.1) is 6.54 Å². The van der Waals surface area contributed by atoms with Crippen molar-refractivity contribution < 1.29 is 9.59 Å². The topological polar surface area (TPSA) is 57.6 Å². The van der Waals surface area contributed by atoms with E-state index >= 15 is 0 Å². The fraction of sp³-hybridized carbons (Fsp3) is 0.520. The number of urea groups is 1. The number of aromatic nitrogens is 1. The summed E-state index contributed by atoms with van der Waals surface area (Å²) in [6.07, 6.45) is 7.32. The van der Waals surface area contributed by atoms with Gasteiger partial charge in [0.1, 0.15) is 6.54 Å². The Morgan fingerprint density at radius 3 is 2.39 bits per heavy atom. The van der Waals surface area contributed by atoms with Gasteiger partial charge < -0.3 is 19.7 Å². The standard InChI is InChI=1S/C25H36N4O2/c1-20(2)17-28(18-23-15-10-16-27(23)3)24(30)19-29(22-13-8-5-9-14-22)25(31)26-21-11-6-4-7-12-21/h4,6-7,10-12,15-16,20,22H,5,8-9,13-14,17-19H2,1-3H3,(H,26,31). The Morgan fingerprint density at radius 2 is 1.77 bits per heavy atom. The molecular weight excluding hydrogens is 388 g/mol. The number of hydrogen-bond donors (Lipinski definition) is 1. The lowest BCUT2D eigenvalue weighted by molar-refractivity contribution is -0.133. The second kappa shape index (κ2) is 11.0. The zero-order chi connectivity index (χ0) is 22.2. The summed E-state index contributed by atoms with van der Waals surface area (Å²) < 4.78 is 2.04. The van der Waals surface area contributed by atoms with Gasteiger partial charge in [-0.25, -0.2) is 4.79 Å². The highest BCUT2D eigenvalue weighted by molar-refractivity contribution is 5.92. The van der Waals surface area contributed by atoms with Crippen LogP contribution >= 0.6 is 0 Å². The van der Waals surface area contributed by atoms with Gasteiger partial charge in [-0.2, -0.15) is 0 Å². The SMILES string of the molecule is CC(C)CN(Cc1cccn1C)C(=O)CN(C(=O)Nc1ccccc1)C1CCCCC1. The Kier molecular flexibility index (Phi) is 8.15. The van der Waals surface area contributed by atoms with E-state index in [9.17, 15) is 9.59 Å². The maximum atomic E-state index is 13.4. The van der Waals surface area contributed by atoms with E-state index in [0.29, 0.717) is 19.0 Å². The number of anilines is 1. The van der Waals surface area contributed by atoms with E-state index in [0.717, 1.165) is 37.1 Å². The minimum absolute atomic E-state index is 0.00341. The molecule has 31 heavy (non-hydrogen) atoms. The summed E-state index contributed by atoms with van der Waals surface area (Å²) >= 11 is 0. The summed E-state index contributed by atoms with van der Waals surface area (Å²) in [6, 6.07) is 13.4. The quantitative estimate of drug-likeness (QED) is 0.657. The van der Waals surface area contributed by atoms with Crippen LogP contribution < -0.4 is 5.32 Å². The van der Waals surface area contributed by atoms with Crippen molar-refractivity contribution in [2.24, 2.45) is 13.0 Å². The number of carbonyl (C=O) groups is 2. The first-order valence-corrected chi connectivity index (χ1v) is 11.4. The second-order valence-electron chi connectivity index (χ2n) is 8.99. The lowest BCUT2D eigenvalue weighted by Crippen LogP contribution is -2.50. The van der Waals surface area contributed by atoms with Crippen molar-refractivity contribution in [2.45, 2.75) is 58.5 Å². The third kappa shape index (κ3) is 6.61. The van der Waals surface area contributed by atoms with E-state index in [2.05, 4.69) is 19.2 Å². The molecule has 0 bridgehead atoms. The number of carbonyl (C=O) groups excluding carboxylic acids is 2. The Bertz CT molecular complexity index is 840. The van der Waals surface area contributed by atoms with Crippen LogP contribution in [0.3, 0.4) is 0 Å². The molecule has 0 radical (unpaired) electrons. The average molecular weight is 425 g/mol. The van der Waals surface area contributed by atoms with Crippen LogP contribution in [-0.2, 0) is 18.4 Å². The molecule has 1 N–H and O–H groups in total. The monoisotopic (exact) mass is 424 g/mol. The molecule has 6 nitrogen and oxygen atoms in total. The highest BCUT2D eigenvalue weighted by atomic mass is 16.2. The van der Waals surface area contributed by atoms with E-state index in [1.165, 1.54) is 6.42 Å². The van der Waals surface area contributed by atoms with Gasteiger partial charge in [0, 0.05) is 37.2 Å². The minimum Gasteiger partial charge on any atom is -0.353 e. The van der Waals surface area contributed by atoms with Gasteiger partial charge in [0.25, 0.3) is 0 Å². The molecule has 0 aliphatic heterocycles. The lowest BCUT2D eigenvalue weighted by atomic mass is 9.94. The largest absolute Gasteiger partial charge is 0.353 e. The van der Waals surface area contributed by atoms with Crippen LogP contribution in [0.15, 0.2) is 48.7 Å². The third-order valence-corrected chi connectivity index (χ3v) is 5.95. The summed E-state index contributed by atoms with van der Waals surface area (Å²) in [5, 5.41) is 2.99. The number of hydrogen-bond acceptors (Lipinski definition) is 2. The number of aryl methyl sites for hydroxylation is 1. The Labute approximate surface area is 186 Å². The maximum absolute atomic E-state index is 13.4. The van der Waals surface area contributed by atoms with Crippen LogP contribution in [0.5, 0.6) is 0 Å². The molecular formula is C25H36N4O2. The number of amides is 3. The summed E-state index contributed by atoms with van der Waals surface area (Å²) in [6.45, 7) is 5.57. The molecule has 6 heteroatoms. The van der Waals surface area contributed by atoms with Crippen molar-refractivity contribution in [1.29, 1.82) is 0 Å². The smallest absolute Gasteiger partial charge is 0.322 e. The first kappa shape index (κ1) is 22.9. The Balaban J connectivity index is 1.75. The van der Waals surface area contributed by atoms with Crippen molar-refractivity contribution in [2.75, 3.05) is 18.4 Å². The van der Waals surface area contributed by atoms with Gasteiger partial charge in [0.2, 0.25) is 5.91 Å². The van der Waals surface area contributed by atoms with Crippen LogP contribution in [0.2, 0.25) is 0 Å². The molecule has 1 aromatic carbocycles. The van der Waals surface area contributed by atoms with E-state index in [1.807, 2.05) is 65.2 Å². The van der Waals surface area contributed by atoms with Crippen LogP contribution in [0.25, 0.3) is 0 Å². The highest BCUT2D eigenvalue weighted by Gasteiger charge is 2.29. The molecule has 0 unspecified atom stereocenters. The number of benzene rings is 1. The molecule has 0 spiro atoms. The highest BCUT2D eigenvalue weighted by Crippen LogP contribution is 2.24. The van der Waals surface area contributed by atoms with E-state index in [-0.39, 0.29) is 24.5 Å². The Morgan fingerprint density at radius 1 is 1.06 bits per heavy atom. The molecule has 1 heterocycles. The van der Waals surface area contributed by atoms with Gasteiger partial charge in [-0.15, -0.1) is 0 Å². The molecule has 3 rings (SSSR count). The Hall–Kier alpha value is -2.76. The molecule has 2 aromatic rings. The van der Waals surface area contributed by atoms with Crippen molar-refractivity contribution in [3.8, 4) is 0 Å². The van der Waals surface area contributed by atoms with Crippen molar-refractivity contribution in [3.05, 3.63) is 54.4 Å². The summed E-state index contributed by atoms with van der Waals surface area (Å²) in [5.74, 6) is 0.356. The predicted molar refractivity (Wildman–Crippen MR) is 125 cm³/mol. The van der Waals surface area contributed by atoms with Crippen molar-refractivity contribution in [3.63, 3.8) is 0 Å². The summed E-state index contributed by atoms with van der Waals surface area (Å²) in [4.78, 5) is 30.3. The first-order chi connectivity index (χ1) is 14.9. The zero-order valence-corrected chi connectivity index (χ0v) is 19.1. The molecule has 0 saturated heterocycles. The van der Waals surface area contributed by atoms with Gasteiger partial charge in [-0.3, -0.25) is 4.79 Å². The second-order valence-corrected chi connectivity index (χ2v) is 8.99. The summed E-state index contributed by atoms with van der Waals surface area (Å²) in [5.41, 5.74) is 1.84. The fourth-order valence-electron chi connectivity index (χ4n) is 4.27. The minimum atomic E-state index is -0.185. The first-order valence-electron chi connectivity index (χ1n) is 11.4. The van der Waals surface area contributed by atoms with E-state index < -0.39 is 0 Å². The van der Waals surface area contributed by atoms with E-state index in [1.54, 1.807) is 4.90 Å². The molecule has 1 saturated carbocycles. The number of para-hydroxylation sites is 1. The van der Waals surface area contributed by atoms with Crippen LogP contribution in [0, 0.1) is 5.92 Å². The lowest BCUT2D eigenvalue weighted by Gasteiger charge is -2.35. The maximum Gasteiger partial charge on any atom is 0.322 e. The number of nitrogens with zero attached hydrogens (tertiary/aromatic N) is 3.